The van der Waals surface area contributed by atoms with Gasteiger partial charge in [0.15, 0.2) is 0 Å². The van der Waals surface area contributed by atoms with E-state index >= 15 is 0 Å². The van der Waals surface area contributed by atoms with Crippen molar-refractivity contribution in [1.29, 1.82) is 0 Å². The van der Waals surface area contributed by atoms with Gasteiger partial charge in [0.05, 0.1) is 12.5 Å². The van der Waals surface area contributed by atoms with Crippen LogP contribution in [0.4, 0.5) is 0 Å². The maximum absolute atomic E-state index is 12.1. The predicted molar refractivity (Wildman–Crippen MR) is 71.3 cm³/mol. The molecule has 1 fully saturated rings. The van der Waals surface area contributed by atoms with Crippen LogP contribution in [0.5, 0.6) is 0 Å². The molecule has 100 valence electrons. The van der Waals surface area contributed by atoms with Crippen molar-refractivity contribution in [2.24, 2.45) is 11.7 Å². The first-order chi connectivity index (χ1) is 8.66. The number of hydrogen-bond donors (Lipinski definition) is 3. The number of thiazole rings is 1. The van der Waals surface area contributed by atoms with Gasteiger partial charge in [0.2, 0.25) is 5.91 Å². The second-order valence-electron chi connectivity index (χ2n) is 4.80. The lowest BCUT2D eigenvalue weighted by molar-refractivity contribution is -0.126. The molecule has 6 heteroatoms. The van der Waals surface area contributed by atoms with Gasteiger partial charge in [-0.15, -0.1) is 0 Å². The number of rotatable bonds is 3. The molecule has 2 rings (SSSR count). The number of hydrogen-bond acceptors (Lipinski definition) is 4. The zero-order valence-corrected chi connectivity index (χ0v) is 11.1. The number of nitrogens with one attached hydrogen (secondary N) is 2. The Morgan fingerprint density at radius 1 is 1.44 bits per heavy atom. The molecule has 0 spiro atoms. The Labute approximate surface area is 110 Å². The summed E-state index contributed by atoms with van der Waals surface area (Å²) >= 11 is 1.11. The van der Waals surface area contributed by atoms with Gasteiger partial charge in [-0.3, -0.25) is 9.59 Å². The number of aromatic nitrogens is 1. The first kappa shape index (κ1) is 13.3. The second-order valence-corrected chi connectivity index (χ2v) is 5.64. The molecule has 0 aromatic carbocycles. The molecule has 5 nitrogen and oxygen atoms in total. The highest BCUT2D eigenvalue weighted by molar-refractivity contribution is 7.07. The zero-order chi connectivity index (χ0) is 13.0. The van der Waals surface area contributed by atoms with Gasteiger partial charge in [-0.2, -0.15) is 0 Å². The Kier molecular flexibility index (Phi) is 4.54. The molecule has 2 atom stereocenters. The van der Waals surface area contributed by atoms with E-state index < -0.39 is 0 Å². The number of H-pyrrole nitrogens is 1. The van der Waals surface area contributed by atoms with Crippen molar-refractivity contribution in [3.63, 3.8) is 0 Å². The minimum atomic E-state index is -0.0922. The summed E-state index contributed by atoms with van der Waals surface area (Å²) in [5, 5.41) is 4.59. The Morgan fingerprint density at radius 2 is 2.22 bits per heavy atom. The number of carbonyl (C=O) groups is 1. The number of carbonyl (C=O) groups excluding carboxylic acids is 1. The Balaban J connectivity index is 1.88. The summed E-state index contributed by atoms with van der Waals surface area (Å²) < 4.78 is 0. The van der Waals surface area contributed by atoms with Crippen molar-refractivity contribution in [3.8, 4) is 0 Å². The molecule has 4 N–H and O–H groups in total. The third-order valence-corrected chi connectivity index (χ3v) is 4.15. The van der Waals surface area contributed by atoms with Gasteiger partial charge in [0.1, 0.15) is 0 Å². The normalized spacial score (nSPS) is 24.5. The maximum Gasteiger partial charge on any atom is 0.304 e. The first-order valence-corrected chi connectivity index (χ1v) is 7.25. The molecular formula is C12H19N3O2S. The van der Waals surface area contributed by atoms with Crippen molar-refractivity contribution in [2.45, 2.75) is 44.7 Å². The highest BCUT2D eigenvalue weighted by Gasteiger charge is 2.26. The van der Waals surface area contributed by atoms with E-state index in [-0.39, 0.29) is 22.7 Å². The minimum absolute atomic E-state index is 0.0106. The average Bonchev–Trinajstić information content (AvgIpc) is 2.64. The molecule has 1 aliphatic rings. The van der Waals surface area contributed by atoms with Crippen LogP contribution in [-0.4, -0.2) is 16.9 Å². The molecule has 1 aromatic heterocycles. The van der Waals surface area contributed by atoms with Crippen LogP contribution in [0, 0.1) is 5.92 Å². The molecule has 1 saturated carbocycles. The largest absolute Gasteiger partial charge is 0.350 e. The fourth-order valence-electron chi connectivity index (χ4n) is 2.38. The molecule has 0 radical (unpaired) electrons. The lowest BCUT2D eigenvalue weighted by Crippen LogP contribution is -2.41. The van der Waals surface area contributed by atoms with E-state index in [1.54, 1.807) is 5.38 Å². The fourth-order valence-corrected chi connectivity index (χ4v) is 2.96. The first-order valence-electron chi connectivity index (χ1n) is 6.37. The van der Waals surface area contributed by atoms with Gasteiger partial charge in [0, 0.05) is 17.1 Å². The lowest BCUT2D eigenvalue weighted by Gasteiger charge is -2.20. The van der Waals surface area contributed by atoms with Crippen LogP contribution < -0.4 is 15.9 Å². The topological polar surface area (TPSA) is 88.0 Å². The van der Waals surface area contributed by atoms with Crippen LogP contribution in [0.2, 0.25) is 0 Å². The van der Waals surface area contributed by atoms with Crippen LogP contribution >= 0.6 is 11.3 Å². The smallest absolute Gasteiger partial charge is 0.304 e. The molecule has 1 aromatic rings. The van der Waals surface area contributed by atoms with Gasteiger partial charge in [0.25, 0.3) is 0 Å². The Morgan fingerprint density at radius 3 is 2.94 bits per heavy atom. The highest BCUT2D eigenvalue weighted by atomic mass is 32.1. The molecule has 0 saturated heterocycles. The van der Waals surface area contributed by atoms with Gasteiger partial charge in [-0.25, -0.2) is 0 Å². The van der Waals surface area contributed by atoms with Gasteiger partial charge in [-0.1, -0.05) is 30.6 Å². The number of nitrogens with two attached hydrogens (primary N) is 1. The molecule has 0 bridgehead atoms. The third kappa shape index (κ3) is 3.43. The maximum atomic E-state index is 12.1. The molecule has 1 heterocycles. The number of amides is 1. The van der Waals surface area contributed by atoms with E-state index in [1.165, 1.54) is 0 Å². The van der Waals surface area contributed by atoms with Crippen LogP contribution in [0.25, 0.3) is 0 Å². The van der Waals surface area contributed by atoms with Gasteiger partial charge >= 0.3 is 4.87 Å². The second kappa shape index (κ2) is 6.15. The van der Waals surface area contributed by atoms with Crippen molar-refractivity contribution in [1.82, 2.24) is 10.3 Å². The Bertz CT molecular complexity index is 454. The van der Waals surface area contributed by atoms with Gasteiger partial charge < -0.3 is 16.0 Å². The summed E-state index contributed by atoms with van der Waals surface area (Å²) in [6.07, 6.45) is 5.14. The monoisotopic (exact) mass is 269 g/mol. The van der Waals surface area contributed by atoms with Crippen LogP contribution in [0.15, 0.2) is 10.2 Å². The van der Waals surface area contributed by atoms with Crippen molar-refractivity contribution in [2.75, 3.05) is 0 Å². The molecule has 1 amide bonds. The van der Waals surface area contributed by atoms with Crippen molar-refractivity contribution >= 4 is 17.2 Å². The highest BCUT2D eigenvalue weighted by Crippen LogP contribution is 2.22. The summed E-state index contributed by atoms with van der Waals surface area (Å²) in [6.45, 7) is 0.376. The van der Waals surface area contributed by atoms with E-state index in [0.29, 0.717) is 6.54 Å². The van der Waals surface area contributed by atoms with E-state index in [2.05, 4.69) is 10.3 Å². The summed E-state index contributed by atoms with van der Waals surface area (Å²) in [7, 11) is 0. The minimum Gasteiger partial charge on any atom is -0.350 e. The molecule has 2 unspecified atom stereocenters. The van der Waals surface area contributed by atoms with Crippen LogP contribution in [0.1, 0.15) is 37.8 Å². The van der Waals surface area contributed by atoms with E-state index in [4.69, 9.17) is 5.73 Å². The average molecular weight is 269 g/mol. The zero-order valence-electron chi connectivity index (χ0n) is 10.3. The molecular weight excluding hydrogens is 250 g/mol. The standard InChI is InChI=1S/C12H19N3O2S/c13-10-5-3-1-2-4-9(10)11(16)14-6-8-7-18-12(17)15-8/h7,9-10H,1-6,13H2,(H,14,16)(H,15,17). The van der Waals surface area contributed by atoms with Crippen molar-refractivity contribution in [3.05, 3.63) is 20.7 Å². The predicted octanol–water partition coefficient (Wildman–Crippen LogP) is 0.960. The summed E-state index contributed by atoms with van der Waals surface area (Å²) in [4.78, 5) is 25.6. The lowest BCUT2D eigenvalue weighted by atomic mass is 9.94. The van der Waals surface area contributed by atoms with Crippen LogP contribution in [-0.2, 0) is 11.3 Å². The SMILES string of the molecule is NC1CCCCCC1C(=O)NCc1csc(=O)[nH]1. The Hall–Kier alpha value is -1.14. The summed E-state index contributed by atoms with van der Waals surface area (Å²) in [5.41, 5.74) is 6.79. The molecule has 0 aliphatic heterocycles. The van der Waals surface area contributed by atoms with E-state index in [9.17, 15) is 9.59 Å². The summed E-state index contributed by atoms with van der Waals surface area (Å²) in [5.74, 6) is -0.0747. The summed E-state index contributed by atoms with van der Waals surface area (Å²) in [6, 6.07) is -0.0333. The van der Waals surface area contributed by atoms with E-state index in [1.807, 2.05) is 0 Å². The third-order valence-electron chi connectivity index (χ3n) is 3.43. The van der Waals surface area contributed by atoms with E-state index in [0.717, 1.165) is 49.1 Å². The van der Waals surface area contributed by atoms with Gasteiger partial charge in [-0.05, 0) is 12.8 Å². The number of aromatic amines is 1. The van der Waals surface area contributed by atoms with Crippen molar-refractivity contribution < 1.29 is 4.79 Å². The quantitative estimate of drug-likeness (QED) is 0.714. The molecule has 18 heavy (non-hydrogen) atoms. The van der Waals surface area contributed by atoms with Crippen LogP contribution in [0.3, 0.4) is 0 Å². The molecule has 1 aliphatic carbocycles. The fraction of sp³-hybridized carbons (Fsp3) is 0.667.